The molecule has 0 aromatic carbocycles. The Morgan fingerprint density at radius 1 is 1.44 bits per heavy atom. The molecule has 0 saturated carbocycles. The molecule has 1 N–H and O–H groups in total. The first kappa shape index (κ1) is 12.7. The zero-order valence-electron chi connectivity index (χ0n) is 9.87. The summed E-state index contributed by atoms with van der Waals surface area (Å²) in [7, 11) is 0. The smallest absolute Gasteiger partial charge is 0.232 e. The van der Waals surface area contributed by atoms with Crippen LogP contribution in [0.5, 0.6) is 0 Å². The molecule has 0 spiro atoms. The van der Waals surface area contributed by atoms with Crippen LogP contribution < -0.4 is 5.32 Å². The molecule has 90 valence electrons. The predicted molar refractivity (Wildman–Crippen MR) is 62.8 cm³/mol. The summed E-state index contributed by atoms with van der Waals surface area (Å²) in [4.78, 5) is 24.8. The van der Waals surface area contributed by atoms with E-state index in [0.717, 1.165) is 25.9 Å². The molecule has 0 bridgehead atoms. The van der Waals surface area contributed by atoms with Crippen molar-refractivity contribution in [1.82, 2.24) is 10.2 Å². The minimum Gasteiger partial charge on any atom is -0.352 e. The maximum atomic E-state index is 11.7. The fourth-order valence-corrected chi connectivity index (χ4v) is 1.76. The van der Waals surface area contributed by atoms with Crippen LogP contribution in [0.1, 0.15) is 26.2 Å². The SMILES string of the molecule is C=CCNC(=O)CC(=O)N1CCC(C)CC1. The molecule has 2 amide bonds. The molecule has 1 aliphatic rings. The van der Waals surface area contributed by atoms with Gasteiger partial charge in [-0.15, -0.1) is 6.58 Å². The monoisotopic (exact) mass is 224 g/mol. The number of nitrogens with zero attached hydrogens (tertiary/aromatic N) is 1. The van der Waals surface area contributed by atoms with Crippen LogP contribution in [0.4, 0.5) is 0 Å². The van der Waals surface area contributed by atoms with Gasteiger partial charge >= 0.3 is 0 Å². The third kappa shape index (κ3) is 4.04. The van der Waals surface area contributed by atoms with E-state index in [-0.39, 0.29) is 18.2 Å². The fourth-order valence-electron chi connectivity index (χ4n) is 1.76. The van der Waals surface area contributed by atoms with Crippen LogP contribution in [-0.2, 0) is 9.59 Å². The zero-order chi connectivity index (χ0) is 12.0. The predicted octanol–water partition coefficient (Wildman–Crippen LogP) is 0.937. The van der Waals surface area contributed by atoms with Crippen LogP contribution in [0.25, 0.3) is 0 Å². The van der Waals surface area contributed by atoms with E-state index in [1.54, 1.807) is 11.0 Å². The summed E-state index contributed by atoms with van der Waals surface area (Å²) in [5.41, 5.74) is 0. The lowest BCUT2D eigenvalue weighted by molar-refractivity contribution is -0.137. The zero-order valence-corrected chi connectivity index (χ0v) is 9.87. The molecule has 4 heteroatoms. The molecular weight excluding hydrogens is 204 g/mol. The second kappa shape index (κ2) is 6.30. The average Bonchev–Trinajstić information content (AvgIpc) is 2.27. The fraction of sp³-hybridized carbons (Fsp3) is 0.667. The summed E-state index contributed by atoms with van der Waals surface area (Å²) in [6.45, 7) is 7.69. The number of hydrogen-bond donors (Lipinski definition) is 1. The van der Waals surface area contributed by atoms with Gasteiger partial charge < -0.3 is 10.2 Å². The van der Waals surface area contributed by atoms with Gasteiger partial charge in [0.1, 0.15) is 6.42 Å². The highest BCUT2D eigenvalue weighted by Crippen LogP contribution is 2.16. The van der Waals surface area contributed by atoms with E-state index >= 15 is 0 Å². The van der Waals surface area contributed by atoms with Crippen molar-refractivity contribution in [1.29, 1.82) is 0 Å². The molecular formula is C12H20N2O2. The molecule has 4 nitrogen and oxygen atoms in total. The average molecular weight is 224 g/mol. The van der Waals surface area contributed by atoms with Crippen LogP contribution in [0.2, 0.25) is 0 Å². The van der Waals surface area contributed by atoms with Crippen LogP contribution in [0.15, 0.2) is 12.7 Å². The van der Waals surface area contributed by atoms with Crippen LogP contribution >= 0.6 is 0 Å². The van der Waals surface area contributed by atoms with E-state index < -0.39 is 0 Å². The minimum absolute atomic E-state index is 0.0395. The van der Waals surface area contributed by atoms with Crippen LogP contribution in [0, 0.1) is 5.92 Å². The van der Waals surface area contributed by atoms with Gasteiger partial charge in [-0.1, -0.05) is 13.0 Å². The molecule has 1 aliphatic heterocycles. The molecule has 0 aliphatic carbocycles. The Bertz CT molecular complexity index is 268. The quantitative estimate of drug-likeness (QED) is 0.570. The van der Waals surface area contributed by atoms with Gasteiger partial charge in [-0.3, -0.25) is 9.59 Å². The van der Waals surface area contributed by atoms with Gasteiger partial charge in [0.2, 0.25) is 11.8 Å². The molecule has 1 saturated heterocycles. The van der Waals surface area contributed by atoms with E-state index in [9.17, 15) is 9.59 Å². The largest absolute Gasteiger partial charge is 0.352 e. The third-order valence-electron chi connectivity index (χ3n) is 2.89. The Morgan fingerprint density at radius 3 is 2.62 bits per heavy atom. The van der Waals surface area contributed by atoms with Gasteiger partial charge in [-0.05, 0) is 18.8 Å². The van der Waals surface area contributed by atoms with E-state index in [1.807, 2.05) is 0 Å². The molecule has 0 aromatic rings. The van der Waals surface area contributed by atoms with Crippen molar-refractivity contribution in [2.45, 2.75) is 26.2 Å². The number of amides is 2. The molecule has 0 unspecified atom stereocenters. The van der Waals surface area contributed by atoms with Crippen LogP contribution in [0.3, 0.4) is 0 Å². The van der Waals surface area contributed by atoms with Crippen molar-refractivity contribution < 1.29 is 9.59 Å². The molecule has 0 radical (unpaired) electrons. The van der Waals surface area contributed by atoms with E-state index in [1.165, 1.54) is 0 Å². The Labute approximate surface area is 96.7 Å². The number of hydrogen-bond acceptors (Lipinski definition) is 2. The number of carbonyl (C=O) groups is 2. The highest BCUT2D eigenvalue weighted by molar-refractivity contribution is 5.96. The highest BCUT2D eigenvalue weighted by Gasteiger charge is 2.21. The Hall–Kier alpha value is -1.32. The topological polar surface area (TPSA) is 49.4 Å². The first-order chi connectivity index (χ1) is 7.63. The normalized spacial score (nSPS) is 16.9. The van der Waals surface area contributed by atoms with E-state index in [0.29, 0.717) is 12.5 Å². The molecule has 1 heterocycles. The standard InChI is InChI=1S/C12H20N2O2/c1-3-6-13-11(15)9-12(16)14-7-4-10(2)5-8-14/h3,10H,1,4-9H2,2H3,(H,13,15). The Balaban J connectivity index is 2.29. The Kier molecular flexibility index (Phi) is 5.02. The Morgan fingerprint density at radius 2 is 2.06 bits per heavy atom. The summed E-state index contributed by atoms with van der Waals surface area (Å²) in [6, 6.07) is 0. The lowest BCUT2D eigenvalue weighted by atomic mass is 9.99. The lowest BCUT2D eigenvalue weighted by Gasteiger charge is -2.30. The molecule has 1 fully saturated rings. The van der Waals surface area contributed by atoms with Gasteiger partial charge in [0, 0.05) is 19.6 Å². The van der Waals surface area contributed by atoms with E-state index in [4.69, 9.17) is 0 Å². The summed E-state index contributed by atoms with van der Waals surface area (Å²) in [5, 5.41) is 2.61. The van der Waals surface area contributed by atoms with Crippen molar-refractivity contribution in [3.05, 3.63) is 12.7 Å². The van der Waals surface area contributed by atoms with Gasteiger partial charge in [-0.2, -0.15) is 0 Å². The van der Waals surface area contributed by atoms with Crippen molar-refractivity contribution in [2.75, 3.05) is 19.6 Å². The summed E-state index contributed by atoms with van der Waals surface area (Å²) < 4.78 is 0. The minimum atomic E-state index is -0.219. The summed E-state index contributed by atoms with van der Waals surface area (Å²) in [6.07, 6.45) is 3.65. The van der Waals surface area contributed by atoms with Gasteiger partial charge in [0.25, 0.3) is 0 Å². The van der Waals surface area contributed by atoms with Crippen molar-refractivity contribution in [2.24, 2.45) is 5.92 Å². The van der Waals surface area contributed by atoms with Crippen molar-refractivity contribution >= 4 is 11.8 Å². The van der Waals surface area contributed by atoms with Gasteiger partial charge in [-0.25, -0.2) is 0 Å². The number of carbonyl (C=O) groups excluding carboxylic acids is 2. The second-order valence-electron chi connectivity index (χ2n) is 4.33. The van der Waals surface area contributed by atoms with Crippen molar-refractivity contribution in [3.63, 3.8) is 0 Å². The highest BCUT2D eigenvalue weighted by atomic mass is 16.2. The summed E-state index contributed by atoms with van der Waals surface area (Å²) >= 11 is 0. The molecule has 0 atom stereocenters. The third-order valence-corrected chi connectivity index (χ3v) is 2.89. The maximum absolute atomic E-state index is 11.7. The molecule has 0 aromatic heterocycles. The van der Waals surface area contributed by atoms with Gasteiger partial charge in [0.15, 0.2) is 0 Å². The lowest BCUT2D eigenvalue weighted by Crippen LogP contribution is -2.40. The van der Waals surface area contributed by atoms with Crippen molar-refractivity contribution in [3.8, 4) is 0 Å². The maximum Gasteiger partial charge on any atom is 0.232 e. The number of likely N-dealkylation sites (tertiary alicyclic amines) is 1. The summed E-state index contributed by atoms with van der Waals surface area (Å²) in [5.74, 6) is 0.413. The van der Waals surface area contributed by atoms with Gasteiger partial charge in [0.05, 0.1) is 0 Å². The first-order valence-electron chi connectivity index (χ1n) is 5.79. The second-order valence-corrected chi connectivity index (χ2v) is 4.33. The van der Waals surface area contributed by atoms with E-state index in [2.05, 4.69) is 18.8 Å². The molecule has 16 heavy (non-hydrogen) atoms. The number of nitrogens with one attached hydrogen (secondary N) is 1. The first-order valence-corrected chi connectivity index (χ1v) is 5.79. The number of piperidine rings is 1. The number of rotatable bonds is 4. The van der Waals surface area contributed by atoms with Crippen LogP contribution in [-0.4, -0.2) is 36.3 Å². The molecule has 1 rings (SSSR count).